The Labute approximate surface area is 89.4 Å². The minimum absolute atomic E-state index is 0. The molecule has 0 fully saturated rings. The van der Waals surface area contributed by atoms with Gasteiger partial charge in [-0.1, -0.05) is 12.2 Å². The quantitative estimate of drug-likeness (QED) is 0.513. The fourth-order valence-electron chi connectivity index (χ4n) is 1.34. The highest BCUT2D eigenvalue weighted by molar-refractivity contribution is 6.11. The second-order valence-electron chi connectivity index (χ2n) is 2.90. The molecule has 0 atom stereocenters. The Bertz CT molecular complexity index is 192. The molecule has 0 unspecified atom stereocenters. The van der Waals surface area contributed by atoms with E-state index in [1.807, 2.05) is 12.2 Å². The van der Waals surface area contributed by atoms with Crippen molar-refractivity contribution in [3.05, 3.63) is 37.7 Å². The first-order valence-electron chi connectivity index (χ1n) is 4.21. The third kappa shape index (κ3) is 4.62. The lowest BCUT2D eigenvalue weighted by Gasteiger charge is -2.28. The molecule has 2 nitrogen and oxygen atoms in total. The van der Waals surface area contributed by atoms with Crippen LogP contribution in [0, 0.1) is 0 Å². The van der Waals surface area contributed by atoms with E-state index in [0.717, 1.165) is 13.1 Å². The minimum Gasteiger partial charge on any atom is -0.360 e. The van der Waals surface area contributed by atoms with Crippen molar-refractivity contribution in [1.29, 1.82) is 0 Å². The lowest BCUT2D eigenvalue weighted by molar-refractivity contribution is 0.256. The van der Waals surface area contributed by atoms with Crippen LogP contribution in [0.25, 0.3) is 0 Å². The van der Waals surface area contributed by atoms with E-state index < -0.39 is 0 Å². The fraction of sp³-hybridized carbons (Fsp3) is 0.333. The van der Waals surface area contributed by atoms with E-state index in [2.05, 4.69) is 43.2 Å². The van der Waals surface area contributed by atoms with Gasteiger partial charge in [0.1, 0.15) is 0 Å². The van der Waals surface area contributed by atoms with Crippen LogP contribution in [0.2, 0.25) is 0 Å². The number of rotatable bonds is 4. The van der Waals surface area contributed by atoms with Crippen molar-refractivity contribution in [2.75, 3.05) is 13.1 Å². The van der Waals surface area contributed by atoms with Crippen LogP contribution >= 0.6 is 0 Å². The van der Waals surface area contributed by atoms with Crippen LogP contribution in [-0.2, 0) is 0 Å². The zero-order valence-corrected chi connectivity index (χ0v) is 8.83. The van der Waals surface area contributed by atoms with Gasteiger partial charge in [-0.3, -0.25) is 14.1 Å². The van der Waals surface area contributed by atoms with Gasteiger partial charge in [0.2, 0.25) is 0 Å². The average molecular weight is 222 g/mol. The second-order valence-corrected chi connectivity index (χ2v) is 2.90. The smallest absolute Gasteiger partial charge is 0.157 e. The molecule has 6 heteroatoms. The van der Waals surface area contributed by atoms with E-state index in [4.69, 9.17) is 0 Å². The van der Waals surface area contributed by atoms with Gasteiger partial charge in [-0.15, -0.1) is 13.2 Å². The third-order valence-corrected chi connectivity index (χ3v) is 2.09. The van der Waals surface area contributed by atoms with Crippen LogP contribution in [0.15, 0.2) is 37.7 Å². The molecule has 0 radical (unpaired) electrons. The summed E-state index contributed by atoms with van der Waals surface area (Å²) in [5.41, 5.74) is 0. The van der Waals surface area contributed by atoms with E-state index >= 15 is 0 Å². The molecule has 1 aliphatic heterocycles. The Kier molecular flexibility index (Phi) is 11.9. The van der Waals surface area contributed by atoms with Gasteiger partial charge in [0.15, 0.2) is 7.85 Å². The summed E-state index contributed by atoms with van der Waals surface area (Å²) in [7, 11) is 2.17. The van der Waals surface area contributed by atoms with Crippen LogP contribution in [0.5, 0.6) is 0 Å². The summed E-state index contributed by atoms with van der Waals surface area (Å²) in [5, 5.41) is 0. The monoisotopic (exact) mass is 222 g/mol. The molecule has 0 amide bonds. The first kappa shape index (κ1) is 19.3. The summed E-state index contributed by atoms with van der Waals surface area (Å²) in [5.74, 6) is 0. The molecule has 0 aromatic rings. The molecule has 0 aromatic carbocycles. The van der Waals surface area contributed by atoms with Crippen LogP contribution in [0.1, 0.15) is 0 Å². The molecule has 0 bridgehead atoms. The summed E-state index contributed by atoms with van der Waals surface area (Å²) in [6.45, 7) is 9.25. The van der Waals surface area contributed by atoms with Crippen molar-refractivity contribution < 1.29 is 14.1 Å². The predicted octanol–water partition coefficient (Wildman–Crippen LogP) is 0.821. The maximum Gasteiger partial charge on any atom is 0.157 e. The van der Waals surface area contributed by atoms with Crippen molar-refractivity contribution in [1.82, 2.24) is 9.80 Å². The Morgan fingerprint density at radius 1 is 1.00 bits per heavy atom. The summed E-state index contributed by atoms with van der Waals surface area (Å²) in [4.78, 5) is 4.47. The molecule has 0 saturated heterocycles. The normalized spacial score (nSPS) is 13.6. The Morgan fingerprint density at radius 2 is 1.33 bits per heavy atom. The molecule has 1 rings (SSSR count). The van der Waals surface area contributed by atoms with E-state index in [1.165, 1.54) is 0 Å². The second kappa shape index (κ2) is 9.24. The largest absolute Gasteiger partial charge is 0.360 e. The summed E-state index contributed by atoms with van der Waals surface area (Å²) < 4.78 is 0. The predicted molar refractivity (Wildman–Crippen MR) is 62.8 cm³/mol. The van der Waals surface area contributed by atoms with Gasteiger partial charge in [-0.25, -0.2) is 0 Å². The molecule has 0 N–H and O–H groups in total. The van der Waals surface area contributed by atoms with Crippen molar-refractivity contribution in [2.45, 2.75) is 6.07 Å². The highest BCUT2D eigenvalue weighted by atomic mass is 19.0. The van der Waals surface area contributed by atoms with Crippen LogP contribution in [-0.4, -0.2) is 36.8 Å². The van der Waals surface area contributed by atoms with Crippen molar-refractivity contribution >= 4 is 7.85 Å². The van der Waals surface area contributed by atoms with Gasteiger partial charge >= 0.3 is 0 Å². The molecule has 1 aliphatic rings. The van der Waals surface area contributed by atoms with Crippen LogP contribution < -0.4 is 0 Å². The van der Waals surface area contributed by atoms with Crippen molar-refractivity contribution in [3.63, 3.8) is 0 Å². The van der Waals surface area contributed by atoms with Crippen molar-refractivity contribution in [2.24, 2.45) is 0 Å². The molecule has 0 aromatic heterocycles. The Morgan fingerprint density at radius 3 is 1.60 bits per heavy atom. The third-order valence-electron chi connectivity index (χ3n) is 2.09. The maximum absolute atomic E-state index is 3.72. The van der Waals surface area contributed by atoms with Gasteiger partial charge in [0, 0.05) is 25.5 Å². The molecular formula is C9H18BF3N2. The molecule has 0 saturated carbocycles. The summed E-state index contributed by atoms with van der Waals surface area (Å²) in [6.07, 6.45) is 8.02. The van der Waals surface area contributed by atoms with E-state index in [-0.39, 0.29) is 14.1 Å². The minimum atomic E-state index is 0. The Hall–Kier alpha value is -1.33. The standard InChI is InChI=1S/C9H15BN2.3FH/c1-3-5-11-7-8-12(6-4-2)9(11)10;;;/h3-4,7-9H,1-2,5-6,10H2;3*1H. The maximum atomic E-state index is 3.72. The van der Waals surface area contributed by atoms with Crippen molar-refractivity contribution in [3.8, 4) is 0 Å². The van der Waals surface area contributed by atoms with E-state index in [9.17, 15) is 0 Å². The van der Waals surface area contributed by atoms with E-state index in [1.54, 1.807) is 0 Å². The van der Waals surface area contributed by atoms with Crippen LogP contribution in [0.3, 0.4) is 0 Å². The van der Waals surface area contributed by atoms with Gasteiger partial charge in [0.25, 0.3) is 0 Å². The molecule has 0 spiro atoms. The van der Waals surface area contributed by atoms with Gasteiger partial charge in [-0.05, 0) is 0 Å². The van der Waals surface area contributed by atoms with Gasteiger partial charge < -0.3 is 9.80 Å². The SMILES string of the molecule is BC1N(CC=C)C=CN1CC=C.F.F.F. The topological polar surface area (TPSA) is 6.48 Å². The highest BCUT2D eigenvalue weighted by Gasteiger charge is 2.18. The first-order chi connectivity index (χ1) is 5.79. The molecule has 88 valence electrons. The molecule has 15 heavy (non-hydrogen) atoms. The number of hydrogen-bond acceptors (Lipinski definition) is 2. The van der Waals surface area contributed by atoms with Gasteiger partial charge in [-0.2, -0.15) is 0 Å². The summed E-state index contributed by atoms with van der Waals surface area (Å²) in [6, 6.07) is 0.431. The zero-order chi connectivity index (χ0) is 8.97. The number of halogens is 3. The summed E-state index contributed by atoms with van der Waals surface area (Å²) >= 11 is 0. The number of nitrogens with zero attached hydrogens (tertiary/aromatic N) is 2. The average Bonchev–Trinajstić information content (AvgIpc) is 2.38. The van der Waals surface area contributed by atoms with Gasteiger partial charge in [0.05, 0.1) is 6.07 Å². The highest BCUT2D eigenvalue weighted by Crippen LogP contribution is 2.12. The Balaban J connectivity index is -0.000000480. The lowest BCUT2D eigenvalue weighted by atomic mass is 10.0. The first-order valence-corrected chi connectivity index (χ1v) is 4.21. The molecule has 1 heterocycles. The van der Waals surface area contributed by atoms with E-state index in [0.29, 0.717) is 6.07 Å². The fourth-order valence-corrected chi connectivity index (χ4v) is 1.34. The molecular weight excluding hydrogens is 204 g/mol. The zero-order valence-electron chi connectivity index (χ0n) is 8.83. The van der Waals surface area contributed by atoms with Crippen LogP contribution in [0.4, 0.5) is 14.1 Å². The molecule has 0 aliphatic carbocycles. The lowest BCUT2D eigenvalue weighted by Crippen LogP contribution is -2.38. The number of hydrogen-bond donors (Lipinski definition) is 0.